The maximum atomic E-state index is 12.3. The van der Waals surface area contributed by atoms with Gasteiger partial charge in [0.1, 0.15) is 0 Å². The van der Waals surface area contributed by atoms with E-state index in [0.29, 0.717) is 19.1 Å². The van der Waals surface area contributed by atoms with Gasteiger partial charge in [0, 0.05) is 25.7 Å². The van der Waals surface area contributed by atoms with Crippen LogP contribution in [0.15, 0.2) is 0 Å². The first-order chi connectivity index (χ1) is 9.12. The molecule has 1 aliphatic heterocycles. The molecule has 4 nitrogen and oxygen atoms in total. The van der Waals surface area contributed by atoms with Crippen LogP contribution in [0.3, 0.4) is 0 Å². The first-order valence-electron chi connectivity index (χ1n) is 7.75. The summed E-state index contributed by atoms with van der Waals surface area (Å²) in [5, 5.41) is 9.17. The quantitative estimate of drug-likeness (QED) is 0.766. The van der Waals surface area contributed by atoms with Crippen LogP contribution in [0.1, 0.15) is 46.5 Å². The van der Waals surface area contributed by atoms with Crippen LogP contribution in [0, 0.1) is 5.92 Å². The van der Waals surface area contributed by atoms with Gasteiger partial charge in [0.15, 0.2) is 0 Å². The van der Waals surface area contributed by atoms with Crippen molar-refractivity contribution in [3.63, 3.8) is 0 Å². The Hall–Kier alpha value is -0.610. The van der Waals surface area contributed by atoms with Gasteiger partial charge in [-0.3, -0.25) is 9.69 Å². The van der Waals surface area contributed by atoms with Gasteiger partial charge >= 0.3 is 0 Å². The summed E-state index contributed by atoms with van der Waals surface area (Å²) in [4.78, 5) is 16.5. The van der Waals surface area contributed by atoms with Crippen LogP contribution in [-0.2, 0) is 4.79 Å². The zero-order chi connectivity index (χ0) is 14.3. The van der Waals surface area contributed by atoms with Crippen molar-refractivity contribution in [2.24, 2.45) is 5.92 Å². The van der Waals surface area contributed by atoms with Gasteiger partial charge in [0.2, 0.25) is 5.91 Å². The molecule has 1 fully saturated rings. The number of nitrogens with zero attached hydrogens (tertiary/aromatic N) is 2. The zero-order valence-corrected chi connectivity index (χ0v) is 12.8. The number of aliphatic hydroxyl groups excluding tert-OH is 1. The van der Waals surface area contributed by atoms with Gasteiger partial charge < -0.3 is 10.0 Å². The number of carbonyl (C=O) groups is 1. The summed E-state index contributed by atoms with van der Waals surface area (Å²) in [5.74, 6) is 0.976. The Morgan fingerprint density at radius 1 is 1.32 bits per heavy atom. The Morgan fingerprint density at radius 3 is 2.37 bits per heavy atom. The van der Waals surface area contributed by atoms with Crippen LogP contribution >= 0.6 is 0 Å². The Labute approximate surface area is 117 Å². The third-order valence-electron chi connectivity index (χ3n) is 4.32. The SMILES string of the molecule is CCC(CC)N(CCO)CC(=O)N1CCC(C)CC1. The average Bonchev–Trinajstić information content (AvgIpc) is 2.41. The van der Waals surface area contributed by atoms with E-state index in [9.17, 15) is 4.79 Å². The number of hydrogen-bond acceptors (Lipinski definition) is 3. The monoisotopic (exact) mass is 270 g/mol. The zero-order valence-electron chi connectivity index (χ0n) is 12.8. The van der Waals surface area contributed by atoms with Crippen molar-refractivity contribution in [3.05, 3.63) is 0 Å². The molecule has 4 heteroatoms. The first-order valence-corrected chi connectivity index (χ1v) is 7.75. The number of aliphatic hydroxyl groups is 1. The van der Waals surface area contributed by atoms with Gasteiger partial charge in [-0.05, 0) is 31.6 Å². The maximum Gasteiger partial charge on any atom is 0.236 e. The molecule has 0 radical (unpaired) electrons. The second-order valence-electron chi connectivity index (χ2n) is 5.73. The van der Waals surface area contributed by atoms with Crippen molar-refractivity contribution in [1.29, 1.82) is 0 Å². The Bertz CT molecular complexity index is 259. The van der Waals surface area contributed by atoms with Gasteiger partial charge in [-0.15, -0.1) is 0 Å². The second-order valence-corrected chi connectivity index (χ2v) is 5.73. The molecule has 0 bridgehead atoms. The smallest absolute Gasteiger partial charge is 0.236 e. The summed E-state index contributed by atoms with van der Waals surface area (Å²) in [6.45, 7) is 9.53. The molecule has 0 atom stereocenters. The van der Waals surface area contributed by atoms with Crippen molar-refractivity contribution in [2.75, 3.05) is 32.8 Å². The number of hydrogen-bond donors (Lipinski definition) is 1. The van der Waals surface area contributed by atoms with Crippen LogP contribution in [0.4, 0.5) is 0 Å². The summed E-state index contributed by atoms with van der Waals surface area (Å²) in [7, 11) is 0. The van der Waals surface area contributed by atoms with E-state index in [1.807, 2.05) is 4.90 Å². The molecule has 1 amide bonds. The van der Waals surface area contributed by atoms with E-state index in [4.69, 9.17) is 5.11 Å². The van der Waals surface area contributed by atoms with E-state index in [-0.39, 0.29) is 12.5 Å². The van der Waals surface area contributed by atoms with E-state index in [2.05, 4.69) is 25.7 Å². The van der Waals surface area contributed by atoms with Crippen molar-refractivity contribution in [2.45, 2.75) is 52.5 Å². The third kappa shape index (κ3) is 5.11. The van der Waals surface area contributed by atoms with Crippen molar-refractivity contribution in [1.82, 2.24) is 9.80 Å². The molecule has 0 unspecified atom stereocenters. The molecule has 0 spiro atoms. The van der Waals surface area contributed by atoms with Crippen LogP contribution in [0.2, 0.25) is 0 Å². The summed E-state index contributed by atoms with van der Waals surface area (Å²) in [6.07, 6.45) is 4.30. The summed E-state index contributed by atoms with van der Waals surface area (Å²) in [5.41, 5.74) is 0. The lowest BCUT2D eigenvalue weighted by molar-refractivity contribution is -0.134. The highest BCUT2D eigenvalue weighted by atomic mass is 16.3. The fraction of sp³-hybridized carbons (Fsp3) is 0.933. The first kappa shape index (κ1) is 16.4. The molecule has 0 aromatic carbocycles. The predicted molar refractivity (Wildman–Crippen MR) is 78.0 cm³/mol. The molecule has 0 aliphatic carbocycles. The number of rotatable bonds is 7. The van der Waals surface area contributed by atoms with Crippen LogP contribution in [0.5, 0.6) is 0 Å². The van der Waals surface area contributed by atoms with E-state index in [1.165, 1.54) is 0 Å². The van der Waals surface area contributed by atoms with Gasteiger partial charge in [-0.2, -0.15) is 0 Å². The van der Waals surface area contributed by atoms with Crippen molar-refractivity contribution < 1.29 is 9.90 Å². The molecule has 1 aliphatic rings. The van der Waals surface area contributed by atoms with Crippen molar-refractivity contribution >= 4 is 5.91 Å². The minimum Gasteiger partial charge on any atom is -0.395 e. The fourth-order valence-corrected chi connectivity index (χ4v) is 2.86. The van der Waals surface area contributed by atoms with Crippen LogP contribution < -0.4 is 0 Å². The molecule has 1 saturated heterocycles. The Balaban J connectivity index is 2.50. The van der Waals surface area contributed by atoms with Gasteiger partial charge in [0.25, 0.3) is 0 Å². The average molecular weight is 270 g/mol. The largest absolute Gasteiger partial charge is 0.395 e. The van der Waals surface area contributed by atoms with Crippen LogP contribution in [0.25, 0.3) is 0 Å². The molecule has 0 saturated carbocycles. The molecule has 1 N–H and O–H groups in total. The molecule has 1 heterocycles. The fourth-order valence-electron chi connectivity index (χ4n) is 2.86. The number of carbonyl (C=O) groups excluding carboxylic acids is 1. The molecule has 1 rings (SSSR count). The topological polar surface area (TPSA) is 43.8 Å². The van der Waals surface area contributed by atoms with Crippen LogP contribution in [-0.4, -0.2) is 59.6 Å². The molecule has 19 heavy (non-hydrogen) atoms. The van der Waals surface area contributed by atoms with Gasteiger partial charge in [0.05, 0.1) is 13.2 Å². The van der Waals surface area contributed by atoms with Crippen molar-refractivity contribution in [3.8, 4) is 0 Å². The summed E-state index contributed by atoms with van der Waals surface area (Å²) >= 11 is 0. The molecular formula is C15H30N2O2. The lowest BCUT2D eigenvalue weighted by atomic mass is 9.99. The lowest BCUT2D eigenvalue weighted by Gasteiger charge is -2.34. The standard InChI is InChI=1S/C15H30N2O2/c1-4-14(5-2)17(10-11-18)12-15(19)16-8-6-13(3)7-9-16/h13-14,18H,4-12H2,1-3H3. The normalized spacial score (nSPS) is 17.5. The van der Waals surface area contributed by atoms with Gasteiger partial charge in [-0.1, -0.05) is 20.8 Å². The molecule has 0 aromatic rings. The third-order valence-corrected chi connectivity index (χ3v) is 4.32. The molecule has 0 aromatic heterocycles. The minimum atomic E-state index is 0.126. The highest BCUT2D eigenvalue weighted by Crippen LogP contribution is 2.17. The lowest BCUT2D eigenvalue weighted by Crippen LogP contribution is -2.47. The van der Waals surface area contributed by atoms with E-state index < -0.39 is 0 Å². The van der Waals surface area contributed by atoms with E-state index in [1.54, 1.807) is 0 Å². The summed E-state index contributed by atoms with van der Waals surface area (Å²) in [6, 6.07) is 0.403. The molecular weight excluding hydrogens is 240 g/mol. The van der Waals surface area contributed by atoms with Gasteiger partial charge in [-0.25, -0.2) is 0 Å². The summed E-state index contributed by atoms with van der Waals surface area (Å²) < 4.78 is 0. The second kappa shape index (κ2) is 8.54. The van der Waals surface area contributed by atoms with E-state index in [0.717, 1.165) is 44.7 Å². The van der Waals surface area contributed by atoms with E-state index >= 15 is 0 Å². The number of amides is 1. The highest BCUT2D eigenvalue weighted by Gasteiger charge is 2.24. The maximum absolute atomic E-state index is 12.3. The highest BCUT2D eigenvalue weighted by molar-refractivity contribution is 5.78. The Kier molecular flexibility index (Phi) is 7.39. The Morgan fingerprint density at radius 2 is 1.89 bits per heavy atom. The number of likely N-dealkylation sites (tertiary alicyclic amines) is 1. The minimum absolute atomic E-state index is 0.126. The molecule has 112 valence electrons. The predicted octanol–water partition coefficient (Wildman–Crippen LogP) is 1.73. The number of piperidine rings is 1.